The average Bonchev–Trinajstić information content (AvgIpc) is 3.11. The predicted molar refractivity (Wildman–Crippen MR) is 67.0 cm³/mol. The minimum Gasteiger partial charge on any atom is -0.392 e. The first-order valence-corrected chi connectivity index (χ1v) is 8.15. The van der Waals surface area contributed by atoms with Gasteiger partial charge in [-0.1, -0.05) is 12.2 Å². The summed E-state index contributed by atoms with van der Waals surface area (Å²) in [5.41, 5.74) is 0. The molecule has 3 nitrogen and oxygen atoms in total. The lowest BCUT2D eigenvalue weighted by Gasteiger charge is -2.25. The van der Waals surface area contributed by atoms with Gasteiger partial charge in [0.2, 0.25) is 0 Å². The van der Waals surface area contributed by atoms with E-state index in [-0.39, 0.29) is 23.7 Å². The number of fused-ring (bicyclic) bond motifs is 2. The molecule has 1 N–H and O–H groups in total. The van der Waals surface area contributed by atoms with E-state index in [1.54, 1.807) is 0 Å². The van der Waals surface area contributed by atoms with Crippen molar-refractivity contribution in [3.8, 4) is 0 Å². The van der Waals surface area contributed by atoms with Gasteiger partial charge in [0.25, 0.3) is 0 Å². The largest absolute Gasteiger partial charge is 0.392 e. The highest BCUT2D eigenvalue weighted by Gasteiger charge is 2.84. The third kappa shape index (κ3) is 0.621. The van der Waals surface area contributed by atoms with Crippen LogP contribution in [0.25, 0.3) is 0 Å². The van der Waals surface area contributed by atoms with Crippen LogP contribution in [-0.2, 0) is 9.59 Å². The molecule has 13 atom stereocenters. The van der Waals surface area contributed by atoms with E-state index in [4.69, 9.17) is 0 Å². The Morgan fingerprint density at radius 3 is 1.60 bits per heavy atom. The van der Waals surface area contributed by atoms with E-state index in [9.17, 15) is 14.7 Å². The molecule has 0 radical (unpaired) electrons. The molecule has 0 aromatic carbocycles. The van der Waals surface area contributed by atoms with Crippen molar-refractivity contribution in [1.29, 1.82) is 0 Å². The van der Waals surface area contributed by atoms with Crippen molar-refractivity contribution in [2.75, 3.05) is 0 Å². The highest BCUT2D eigenvalue weighted by atomic mass is 16.3. The van der Waals surface area contributed by atoms with E-state index in [1.807, 2.05) is 0 Å². The number of allylic oxidation sites excluding steroid dienone is 2. The molecule has 7 aliphatic carbocycles. The van der Waals surface area contributed by atoms with Gasteiger partial charge in [-0.25, -0.2) is 0 Å². The first-order valence-electron chi connectivity index (χ1n) is 8.15. The first kappa shape index (κ1) is 9.88. The number of hydrogen-bond donors (Lipinski definition) is 1. The molecule has 0 spiro atoms. The summed E-state index contributed by atoms with van der Waals surface area (Å²) in [6, 6.07) is 0. The van der Waals surface area contributed by atoms with Gasteiger partial charge in [0.1, 0.15) is 11.6 Å². The van der Waals surface area contributed by atoms with Crippen LogP contribution in [0.5, 0.6) is 0 Å². The zero-order chi connectivity index (χ0) is 13.1. The van der Waals surface area contributed by atoms with Crippen LogP contribution in [0, 0.1) is 71.0 Å². The third-order valence-corrected chi connectivity index (χ3v) is 8.65. The number of rotatable bonds is 0. The molecule has 3 heteroatoms. The SMILES string of the molecule is O=C1[C@H]2[C@H]3C4C5[C@@H](C=C[C@@H]52)[C@H]2C(=O)[C@H]5C(O)[C@@H]1[C@H]3[C@@H]5[C@H]42. The Morgan fingerprint density at radius 2 is 1.10 bits per heavy atom. The Kier molecular flexibility index (Phi) is 1.22. The van der Waals surface area contributed by atoms with Gasteiger partial charge in [-0.3, -0.25) is 9.59 Å². The number of aliphatic hydroxyl groups excluding tert-OH is 1. The van der Waals surface area contributed by atoms with E-state index in [0.717, 1.165) is 0 Å². The number of Topliss-reactive ketones (excluding diaryl/α,β-unsaturated/α-hetero) is 2. The van der Waals surface area contributed by atoms with E-state index >= 15 is 0 Å². The maximum atomic E-state index is 12.9. The second kappa shape index (κ2) is 2.47. The van der Waals surface area contributed by atoms with E-state index < -0.39 is 6.10 Å². The molecular formula is C17H16O3. The molecule has 0 bridgehead atoms. The van der Waals surface area contributed by atoms with Crippen LogP contribution in [0.2, 0.25) is 0 Å². The van der Waals surface area contributed by atoms with E-state index in [2.05, 4.69) is 12.2 Å². The van der Waals surface area contributed by atoms with Crippen LogP contribution in [0.3, 0.4) is 0 Å². The van der Waals surface area contributed by atoms with Crippen LogP contribution in [-0.4, -0.2) is 22.8 Å². The van der Waals surface area contributed by atoms with Gasteiger partial charge in [0.05, 0.1) is 6.10 Å². The van der Waals surface area contributed by atoms with Gasteiger partial charge in [0, 0.05) is 23.7 Å². The number of ketones is 2. The van der Waals surface area contributed by atoms with Crippen LogP contribution >= 0.6 is 0 Å². The number of aliphatic hydroxyl groups is 1. The Balaban J connectivity index is 1.60. The zero-order valence-corrected chi connectivity index (χ0v) is 10.9. The predicted octanol–water partition coefficient (Wildman–Crippen LogP) is 0.531. The molecule has 20 heavy (non-hydrogen) atoms. The lowest BCUT2D eigenvalue weighted by molar-refractivity contribution is -0.133. The molecule has 6 fully saturated rings. The van der Waals surface area contributed by atoms with Crippen molar-refractivity contribution in [1.82, 2.24) is 0 Å². The zero-order valence-electron chi connectivity index (χ0n) is 10.9. The fourth-order valence-electron chi connectivity index (χ4n) is 8.82. The quantitative estimate of drug-likeness (QED) is 0.652. The summed E-state index contributed by atoms with van der Waals surface area (Å²) in [5, 5.41) is 10.6. The topological polar surface area (TPSA) is 54.4 Å². The van der Waals surface area contributed by atoms with Crippen molar-refractivity contribution >= 4 is 11.6 Å². The molecule has 6 saturated carbocycles. The van der Waals surface area contributed by atoms with Crippen molar-refractivity contribution in [3.63, 3.8) is 0 Å². The Morgan fingerprint density at radius 1 is 0.650 bits per heavy atom. The average molecular weight is 268 g/mol. The summed E-state index contributed by atoms with van der Waals surface area (Å²) in [6.45, 7) is 0. The van der Waals surface area contributed by atoms with Gasteiger partial charge in [-0.2, -0.15) is 0 Å². The number of carbonyl (C=O) groups excluding carboxylic acids is 2. The molecule has 0 aromatic heterocycles. The van der Waals surface area contributed by atoms with Gasteiger partial charge in [-0.15, -0.1) is 0 Å². The summed E-state index contributed by atoms with van der Waals surface area (Å²) >= 11 is 0. The fourth-order valence-corrected chi connectivity index (χ4v) is 8.82. The molecule has 0 saturated heterocycles. The lowest BCUT2D eigenvalue weighted by atomic mass is 9.78. The smallest absolute Gasteiger partial charge is 0.142 e. The van der Waals surface area contributed by atoms with Gasteiger partial charge in [0.15, 0.2) is 0 Å². The van der Waals surface area contributed by atoms with Crippen LogP contribution in [0.15, 0.2) is 12.2 Å². The minimum absolute atomic E-state index is 0.191. The maximum Gasteiger partial charge on any atom is 0.142 e. The first-order chi connectivity index (χ1) is 9.72. The molecule has 0 aromatic rings. The Labute approximate surface area is 116 Å². The summed E-state index contributed by atoms with van der Waals surface area (Å²) < 4.78 is 0. The monoisotopic (exact) mass is 268 g/mol. The normalized spacial score (nSPS) is 75.8. The fraction of sp³-hybridized carbons (Fsp3) is 0.765. The molecule has 7 aliphatic rings. The highest BCUT2D eigenvalue weighted by Crippen LogP contribution is 2.82. The highest BCUT2D eigenvalue weighted by molar-refractivity contribution is 5.96. The van der Waals surface area contributed by atoms with Crippen molar-refractivity contribution in [3.05, 3.63) is 12.2 Å². The van der Waals surface area contributed by atoms with Crippen LogP contribution < -0.4 is 0 Å². The summed E-state index contributed by atoms with van der Waals surface area (Å²) in [4.78, 5) is 25.7. The van der Waals surface area contributed by atoms with Gasteiger partial charge < -0.3 is 5.11 Å². The summed E-state index contributed by atoms with van der Waals surface area (Å²) in [6.07, 6.45) is 3.87. The van der Waals surface area contributed by atoms with E-state index in [0.29, 0.717) is 58.9 Å². The molecule has 0 amide bonds. The molecule has 3 unspecified atom stereocenters. The molecule has 7 rings (SSSR count). The van der Waals surface area contributed by atoms with E-state index in [1.165, 1.54) is 0 Å². The molecular weight excluding hydrogens is 252 g/mol. The van der Waals surface area contributed by atoms with Gasteiger partial charge >= 0.3 is 0 Å². The van der Waals surface area contributed by atoms with Crippen LogP contribution in [0.1, 0.15) is 0 Å². The summed E-state index contributed by atoms with van der Waals surface area (Å²) in [7, 11) is 0. The summed E-state index contributed by atoms with van der Waals surface area (Å²) in [5.74, 6) is 4.40. The van der Waals surface area contributed by atoms with Crippen LogP contribution in [0.4, 0.5) is 0 Å². The second-order valence-corrected chi connectivity index (χ2v) is 8.40. The third-order valence-electron chi connectivity index (χ3n) is 8.65. The molecule has 0 aliphatic heterocycles. The van der Waals surface area contributed by atoms with Gasteiger partial charge in [-0.05, 0) is 47.3 Å². The lowest BCUT2D eigenvalue weighted by Crippen LogP contribution is -2.37. The van der Waals surface area contributed by atoms with Crippen molar-refractivity contribution in [2.24, 2.45) is 71.0 Å². The Bertz CT molecular complexity index is 595. The minimum atomic E-state index is -0.653. The number of carbonyl (C=O) groups is 2. The van der Waals surface area contributed by atoms with Crippen molar-refractivity contribution in [2.45, 2.75) is 6.10 Å². The Hall–Kier alpha value is -0.960. The standard InChI is InChI=1S/C17H16O3/c18-15-6-3-1-2-4-5(3)8-9(6)11-12-10(8)7(4)16(19)14(12)17(20)13(11)15/h1-14,17,20H/t3-,4+,5?,6-,7-,8?,9+,10+,11+,12-,13+,14-,17?/m1/s1. The van der Waals surface area contributed by atoms with Crippen molar-refractivity contribution < 1.29 is 14.7 Å². The second-order valence-electron chi connectivity index (χ2n) is 8.40. The molecule has 102 valence electrons. The number of hydrogen-bond acceptors (Lipinski definition) is 3. The molecule has 0 heterocycles. The maximum absolute atomic E-state index is 12.9.